The van der Waals surface area contributed by atoms with Crippen molar-refractivity contribution in [3.63, 3.8) is 0 Å². The van der Waals surface area contributed by atoms with Crippen molar-refractivity contribution in [1.82, 2.24) is 0 Å². The average molecular weight is 100 g/mol. The Hall–Kier alpha value is 0.700. The summed E-state index contributed by atoms with van der Waals surface area (Å²) in [7, 11) is 0. The van der Waals surface area contributed by atoms with E-state index in [9.17, 15) is 0 Å². The quantitative estimate of drug-likeness (QED) is 0.439. The minimum Gasteiger partial charge on any atom is -0.197 e. The van der Waals surface area contributed by atoms with Gasteiger partial charge in [0, 0.05) is 1.43 Å². The molecule has 32 valence electrons. The van der Waals surface area contributed by atoms with Gasteiger partial charge >= 0.3 is 0 Å². The van der Waals surface area contributed by atoms with E-state index in [4.69, 9.17) is 0 Å². The van der Waals surface area contributed by atoms with Crippen molar-refractivity contribution >= 4 is 26.1 Å². The van der Waals surface area contributed by atoms with Gasteiger partial charge in [0.2, 0.25) is 0 Å². The predicted molar refractivity (Wildman–Crippen MR) is 34.1 cm³/mol. The molecular formula is C2H12S2. The smallest absolute Gasteiger partial charge is 0 e. The van der Waals surface area contributed by atoms with Gasteiger partial charge in [-0.3, -0.25) is 0 Å². The molecule has 2 heteroatoms. The largest absolute Gasteiger partial charge is 0.197 e. The SMILES string of the molecule is C.CS.S.[HH]. The average Bonchev–Trinajstić information content (AvgIpc) is 1.00. The molecule has 0 N–H and O–H groups in total. The first-order valence-electron chi connectivity index (χ1n) is 0.447. The Bertz CT molecular complexity index is 7.61. The maximum Gasteiger partial charge on any atom is 0 e. The molecule has 0 aliphatic rings. The van der Waals surface area contributed by atoms with Crippen molar-refractivity contribution in [2.75, 3.05) is 6.26 Å². The standard InChI is InChI=1S/CH4S.CH4.H2S.H2/c1-2;;;/h2H,1H3;1H4;1H2;1H. The highest BCUT2D eigenvalue weighted by atomic mass is 32.1. The lowest BCUT2D eigenvalue weighted by molar-refractivity contribution is 2.50. The second-order valence-electron chi connectivity index (χ2n) is 0. The number of hydrogen-bond donors (Lipinski definition) is 1. The minimum absolute atomic E-state index is 0. The van der Waals surface area contributed by atoms with E-state index in [0.717, 1.165) is 0 Å². The van der Waals surface area contributed by atoms with Gasteiger partial charge in [0.05, 0.1) is 0 Å². The van der Waals surface area contributed by atoms with Crippen LogP contribution in [0.15, 0.2) is 0 Å². The van der Waals surface area contributed by atoms with Crippen LogP contribution in [-0.4, -0.2) is 6.26 Å². The molecule has 0 spiro atoms. The summed E-state index contributed by atoms with van der Waals surface area (Å²) in [5.74, 6) is 0. The van der Waals surface area contributed by atoms with Crippen molar-refractivity contribution in [1.29, 1.82) is 0 Å². The van der Waals surface area contributed by atoms with E-state index in [1.165, 1.54) is 0 Å². The molecule has 4 heavy (non-hydrogen) atoms. The summed E-state index contributed by atoms with van der Waals surface area (Å²) in [5, 5.41) is 0. The number of thiol groups is 1. The maximum absolute atomic E-state index is 3.53. The minimum atomic E-state index is 0. The monoisotopic (exact) mass is 100 g/mol. The third kappa shape index (κ3) is 15.9. The Morgan fingerprint density at radius 1 is 1.50 bits per heavy atom. The highest BCUT2D eigenvalue weighted by molar-refractivity contribution is 7.79. The number of rotatable bonds is 0. The Labute approximate surface area is 41.9 Å². The second-order valence-corrected chi connectivity index (χ2v) is 0. The Kier molecular flexibility index (Phi) is 306. The Balaban J connectivity index is -0.00000000167. The molecule has 0 atom stereocenters. The zero-order valence-electron chi connectivity index (χ0n) is 1.95. The van der Waals surface area contributed by atoms with Crippen LogP contribution in [0.3, 0.4) is 0 Å². The van der Waals surface area contributed by atoms with Gasteiger partial charge in [-0.25, -0.2) is 0 Å². The summed E-state index contributed by atoms with van der Waals surface area (Å²) in [6, 6.07) is 0. The van der Waals surface area contributed by atoms with Crippen molar-refractivity contribution in [2.45, 2.75) is 7.43 Å². The summed E-state index contributed by atoms with van der Waals surface area (Å²) in [5.41, 5.74) is 0. The van der Waals surface area contributed by atoms with Crippen LogP contribution >= 0.6 is 26.1 Å². The second kappa shape index (κ2) is 55.0. The molecule has 0 unspecified atom stereocenters. The van der Waals surface area contributed by atoms with Crippen molar-refractivity contribution in [2.24, 2.45) is 0 Å². The van der Waals surface area contributed by atoms with Crippen LogP contribution in [0.2, 0.25) is 0 Å². The lowest BCUT2D eigenvalue weighted by atomic mass is 12.0. The highest BCUT2D eigenvalue weighted by Gasteiger charge is 0.901. The van der Waals surface area contributed by atoms with Gasteiger partial charge in [0.25, 0.3) is 0 Å². The van der Waals surface area contributed by atoms with E-state index in [-0.39, 0.29) is 22.3 Å². The molecule has 0 aliphatic heterocycles. The van der Waals surface area contributed by atoms with Crippen LogP contribution in [0.4, 0.5) is 0 Å². The molecule has 0 rings (SSSR count). The molecule has 0 aromatic carbocycles. The zero-order valence-corrected chi connectivity index (χ0v) is 3.84. The van der Waals surface area contributed by atoms with E-state index < -0.39 is 0 Å². The first kappa shape index (κ1) is 22.3. The van der Waals surface area contributed by atoms with Crippen molar-refractivity contribution in [3.8, 4) is 0 Å². The first-order chi connectivity index (χ1) is 1.00. The van der Waals surface area contributed by atoms with Gasteiger partial charge in [-0.05, 0) is 6.26 Å². The summed E-state index contributed by atoms with van der Waals surface area (Å²) in [4.78, 5) is 0. The highest BCUT2D eigenvalue weighted by Crippen LogP contribution is 1.31. The van der Waals surface area contributed by atoms with E-state index in [2.05, 4.69) is 12.6 Å². The van der Waals surface area contributed by atoms with Crippen LogP contribution in [0.25, 0.3) is 0 Å². The molecule has 0 radical (unpaired) electrons. The summed E-state index contributed by atoms with van der Waals surface area (Å²) >= 11 is 3.53. The molecule has 0 saturated heterocycles. The molecule has 0 aromatic rings. The molecule has 0 heterocycles. The van der Waals surface area contributed by atoms with Crippen LogP contribution in [0, 0.1) is 0 Å². The summed E-state index contributed by atoms with van der Waals surface area (Å²) in [6.45, 7) is 0. The molecule has 0 saturated carbocycles. The van der Waals surface area contributed by atoms with Gasteiger partial charge in [-0.2, -0.15) is 26.1 Å². The fourth-order valence-corrected chi connectivity index (χ4v) is 0. The van der Waals surface area contributed by atoms with E-state index >= 15 is 0 Å². The predicted octanol–water partition coefficient (Wildman–Crippen LogP) is 1.54. The van der Waals surface area contributed by atoms with Crippen LogP contribution in [0.5, 0.6) is 0 Å². The Morgan fingerprint density at radius 3 is 1.50 bits per heavy atom. The lowest BCUT2D eigenvalue weighted by Gasteiger charge is -1.11. The van der Waals surface area contributed by atoms with Crippen LogP contribution in [-0.2, 0) is 0 Å². The molecule has 0 aromatic heterocycles. The third-order valence-corrected chi connectivity index (χ3v) is 0. The third-order valence-electron chi connectivity index (χ3n) is 0. The lowest BCUT2D eigenvalue weighted by Crippen LogP contribution is -0.865. The van der Waals surface area contributed by atoms with Gasteiger partial charge in [0.15, 0.2) is 0 Å². The van der Waals surface area contributed by atoms with Crippen molar-refractivity contribution in [3.05, 3.63) is 0 Å². The molecule has 0 bridgehead atoms. The van der Waals surface area contributed by atoms with Crippen molar-refractivity contribution < 1.29 is 1.43 Å². The van der Waals surface area contributed by atoms with Crippen LogP contribution < -0.4 is 0 Å². The molecule has 0 amide bonds. The summed E-state index contributed by atoms with van der Waals surface area (Å²) in [6.07, 6.45) is 1.69. The molecule has 0 fully saturated rings. The van der Waals surface area contributed by atoms with Crippen LogP contribution in [0.1, 0.15) is 8.85 Å². The summed E-state index contributed by atoms with van der Waals surface area (Å²) < 4.78 is 0. The zero-order chi connectivity index (χ0) is 2.00. The normalized spacial score (nSPS) is 1.50. The maximum atomic E-state index is 3.53. The van der Waals surface area contributed by atoms with E-state index in [0.29, 0.717) is 0 Å². The van der Waals surface area contributed by atoms with Gasteiger partial charge < -0.3 is 0 Å². The Morgan fingerprint density at radius 2 is 1.50 bits per heavy atom. The molecule has 0 nitrogen and oxygen atoms in total. The van der Waals surface area contributed by atoms with Gasteiger partial charge in [-0.15, -0.1) is 0 Å². The molecule has 0 aliphatic carbocycles. The van der Waals surface area contributed by atoms with Gasteiger partial charge in [-0.1, -0.05) is 7.43 Å². The van der Waals surface area contributed by atoms with Gasteiger partial charge in [0.1, 0.15) is 0 Å². The van der Waals surface area contributed by atoms with E-state index in [1.807, 2.05) is 0 Å². The first-order valence-corrected chi connectivity index (χ1v) is 1.34. The topological polar surface area (TPSA) is 0 Å². The molecular weight excluding hydrogens is 88.2 g/mol. The fraction of sp³-hybridized carbons (Fsp3) is 1.00. The fourth-order valence-electron chi connectivity index (χ4n) is 0. The number of hydrogen-bond acceptors (Lipinski definition) is 1. The van der Waals surface area contributed by atoms with E-state index in [1.54, 1.807) is 6.26 Å².